The van der Waals surface area contributed by atoms with Crippen LogP contribution in [0, 0.1) is 6.92 Å². The molecule has 1 aliphatic heterocycles. The Morgan fingerprint density at radius 1 is 1.00 bits per heavy atom. The first-order valence-electron chi connectivity index (χ1n) is 8.72. The number of pyridine rings is 1. The second kappa shape index (κ2) is 6.50. The average Bonchev–Trinajstić information content (AvgIpc) is 2.65. The molecule has 0 aliphatic carbocycles. The minimum Gasteiger partial charge on any atom is -0.493 e. The van der Waals surface area contributed by atoms with Crippen LogP contribution in [0.1, 0.15) is 28.3 Å². The Balaban J connectivity index is 1.88. The largest absolute Gasteiger partial charge is 0.493 e. The van der Waals surface area contributed by atoms with Crippen LogP contribution >= 0.6 is 0 Å². The van der Waals surface area contributed by atoms with E-state index in [4.69, 9.17) is 9.47 Å². The first-order chi connectivity index (χ1) is 12.6. The molecule has 0 amide bonds. The van der Waals surface area contributed by atoms with Crippen LogP contribution < -0.4 is 20.3 Å². The van der Waals surface area contributed by atoms with Gasteiger partial charge in [-0.1, -0.05) is 12.1 Å². The van der Waals surface area contributed by atoms with Crippen molar-refractivity contribution in [2.75, 3.05) is 20.8 Å². The normalized spacial score (nSPS) is 16.3. The third kappa shape index (κ3) is 2.74. The second-order valence-electron chi connectivity index (χ2n) is 6.69. The van der Waals surface area contributed by atoms with Crippen LogP contribution in [0.4, 0.5) is 0 Å². The lowest BCUT2D eigenvalue weighted by Crippen LogP contribution is -2.34. The molecule has 0 saturated heterocycles. The zero-order valence-corrected chi connectivity index (χ0v) is 15.2. The molecule has 2 N–H and O–H groups in total. The molecule has 0 spiro atoms. The van der Waals surface area contributed by atoms with Crippen LogP contribution in [0.25, 0.3) is 10.9 Å². The maximum Gasteiger partial charge on any atom is 0.253 e. The number of fused-ring (bicyclic) bond motifs is 2. The monoisotopic (exact) mass is 350 g/mol. The van der Waals surface area contributed by atoms with E-state index in [0.29, 0.717) is 5.75 Å². The molecule has 1 unspecified atom stereocenters. The van der Waals surface area contributed by atoms with Crippen LogP contribution in [-0.4, -0.2) is 25.7 Å². The summed E-state index contributed by atoms with van der Waals surface area (Å²) in [6, 6.07) is 11.9. The SMILES string of the molecule is COc1cc2c(cc1OC)C(c1cc3ccc(C)cc3[nH]c1=O)NCC2. The molecular formula is C21H22N2O3. The number of aromatic nitrogens is 1. The fourth-order valence-electron chi connectivity index (χ4n) is 3.71. The van der Waals surface area contributed by atoms with E-state index in [-0.39, 0.29) is 11.6 Å². The van der Waals surface area contributed by atoms with Gasteiger partial charge in [0.15, 0.2) is 11.5 Å². The number of rotatable bonds is 3. The second-order valence-corrected chi connectivity index (χ2v) is 6.69. The van der Waals surface area contributed by atoms with E-state index in [1.54, 1.807) is 14.2 Å². The highest BCUT2D eigenvalue weighted by atomic mass is 16.5. The summed E-state index contributed by atoms with van der Waals surface area (Å²) in [6.45, 7) is 2.82. The predicted molar refractivity (Wildman–Crippen MR) is 102 cm³/mol. The molecule has 1 aliphatic rings. The molecule has 0 bridgehead atoms. The van der Waals surface area contributed by atoms with Gasteiger partial charge in [0, 0.05) is 17.6 Å². The molecule has 3 aromatic rings. The van der Waals surface area contributed by atoms with E-state index in [1.165, 1.54) is 5.56 Å². The van der Waals surface area contributed by atoms with E-state index in [1.807, 2.05) is 37.3 Å². The number of nitrogens with one attached hydrogen (secondary N) is 2. The van der Waals surface area contributed by atoms with Gasteiger partial charge in [-0.2, -0.15) is 0 Å². The molecule has 1 atom stereocenters. The van der Waals surface area contributed by atoms with E-state index in [9.17, 15) is 4.79 Å². The van der Waals surface area contributed by atoms with Crippen LogP contribution in [0.2, 0.25) is 0 Å². The maximum atomic E-state index is 12.8. The molecule has 5 nitrogen and oxygen atoms in total. The van der Waals surface area contributed by atoms with Crippen molar-refractivity contribution in [3.8, 4) is 11.5 Å². The molecule has 0 radical (unpaired) electrons. The van der Waals surface area contributed by atoms with E-state index < -0.39 is 0 Å². The van der Waals surface area contributed by atoms with Gasteiger partial charge in [-0.3, -0.25) is 4.79 Å². The summed E-state index contributed by atoms with van der Waals surface area (Å²) in [6.07, 6.45) is 0.886. The minimum atomic E-state index is -0.173. The van der Waals surface area contributed by atoms with Gasteiger partial charge in [-0.05, 0) is 59.7 Å². The number of aryl methyl sites for hydroxylation is 1. The third-order valence-electron chi connectivity index (χ3n) is 5.04. The summed E-state index contributed by atoms with van der Waals surface area (Å²) in [5.41, 5.74) is 4.87. The lowest BCUT2D eigenvalue weighted by molar-refractivity contribution is 0.353. The molecule has 1 aromatic heterocycles. The maximum absolute atomic E-state index is 12.8. The molecule has 26 heavy (non-hydrogen) atoms. The first kappa shape index (κ1) is 16.7. The van der Waals surface area contributed by atoms with Gasteiger partial charge < -0.3 is 19.8 Å². The lowest BCUT2D eigenvalue weighted by Gasteiger charge is -2.28. The van der Waals surface area contributed by atoms with Crippen LogP contribution in [0.5, 0.6) is 11.5 Å². The van der Waals surface area contributed by atoms with E-state index >= 15 is 0 Å². The number of ether oxygens (including phenoxy) is 2. The highest BCUT2D eigenvalue weighted by molar-refractivity contribution is 5.80. The minimum absolute atomic E-state index is 0.0664. The summed E-state index contributed by atoms with van der Waals surface area (Å²) in [5, 5.41) is 4.51. The highest BCUT2D eigenvalue weighted by Gasteiger charge is 2.26. The Bertz CT molecular complexity index is 1040. The highest BCUT2D eigenvalue weighted by Crippen LogP contribution is 2.37. The van der Waals surface area contributed by atoms with Gasteiger partial charge in [0.05, 0.1) is 20.3 Å². The number of hydrogen-bond donors (Lipinski definition) is 2. The van der Waals surface area contributed by atoms with Crippen molar-refractivity contribution in [1.82, 2.24) is 10.3 Å². The first-order valence-corrected chi connectivity index (χ1v) is 8.72. The Labute approximate surface area is 152 Å². The van der Waals surface area contributed by atoms with Gasteiger partial charge in [-0.25, -0.2) is 0 Å². The van der Waals surface area contributed by atoms with E-state index in [2.05, 4.69) is 16.4 Å². The zero-order chi connectivity index (χ0) is 18.3. The Morgan fingerprint density at radius 2 is 1.77 bits per heavy atom. The Morgan fingerprint density at radius 3 is 2.54 bits per heavy atom. The smallest absolute Gasteiger partial charge is 0.253 e. The van der Waals surface area contributed by atoms with Gasteiger partial charge in [0.25, 0.3) is 5.56 Å². The van der Waals surface area contributed by atoms with Crippen molar-refractivity contribution in [3.05, 3.63) is 69.0 Å². The van der Waals surface area contributed by atoms with Gasteiger partial charge in [-0.15, -0.1) is 0 Å². The molecule has 0 fully saturated rings. The average molecular weight is 350 g/mol. The molecule has 5 heteroatoms. The van der Waals surface area contributed by atoms with Crippen molar-refractivity contribution in [2.45, 2.75) is 19.4 Å². The molecule has 4 rings (SSSR count). The van der Waals surface area contributed by atoms with Crippen molar-refractivity contribution in [1.29, 1.82) is 0 Å². The Hall–Kier alpha value is -2.79. The lowest BCUT2D eigenvalue weighted by atomic mass is 9.89. The Kier molecular flexibility index (Phi) is 4.17. The van der Waals surface area contributed by atoms with E-state index in [0.717, 1.165) is 46.3 Å². The fraction of sp³-hybridized carbons (Fsp3) is 0.286. The standard InChI is InChI=1S/C21H22N2O3/c1-12-4-5-14-9-16(21(24)23-17(14)8-12)20-15-11-19(26-3)18(25-2)10-13(15)6-7-22-20/h4-5,8-11,20,22H,6-7H2,1-3H3,(H,23,24). The number of benzene rings is 2. The number of H-pyrrole nitrogens is 1. The zero-order valence-electron chi connectivity index (χ0n) is 15.2. The van der Waals surface area contributed by atoms with Crippen LogP contribution in [0.3, 0.4) is 0 Å². The summed E-state index contributed by atoms with van der Waals surface area (Å²) in [7, 11) is 3.26. The predicted octanol–water partition coefficient (Wildman–Crippen LogP) is 3.09. The summed E-state index contributed by atoms with van der Waals surface area (Å²) in [5.74, 6) is 1.39. The number of methoxy groups -OCH3 is 2. The van der Waals surface area contributed by atoms with Crippen LogP contribution in [-0.2, 0) is 6.42 Å². The molecule has 0 saturated carbocycles. The van der Waals surface area contributed by atoms with Crippen molar-refractivity contribution >= 4 is 10.9 Å². The summed E-state index contributed by atoms with van der Waals surface area (Å²) >= 11 is 0. The number of hydrogen-bond acceptors (Lipinski definition) is 4. The van der Waals surface area contributed by atoms with Crippen molar-refractivity contribution in [2.24, 2.45) is 0 Å². The van der Waals surface area contributed by atoms with Gasteiger partial charge >= 0.3 is 0 Å². The molecule has 2 heterocycles. The van der Waals surface area contributed by atoms with Crippen molar-refractivity contribution < 1.29 is 9.47 Å². The quantitative estimate of drug-likeness (QED) is 0.762. The van der Waals surface area contributed by atoms with Crippen molar-refractivity contribution in [3.63, 3.8) is 0 Å². The molecular weight excluding hydrogens is 328 g/mol. The van der Waals surface area contributed by atoms with Gasteiger partial charge in [0.2, 0.25) is 0 Å². The fourth-order valence-corrected chi connectivity index (χ4v) is 3.71. The topological polar surface area (TPSA) is 63.4 Å². The molecule has 2 aromatic carbocycles. The summed E-state index contributed by atoms with van der Waals surface area (Å²) < 4.78 is 10.9. The van der Waals surface area contributed by atoms with Gasteiger partial charge in [0.1, 0.15) is 0 Å². The molecule has 134 valence electrons. The van der Waals surface area contributed by atoms with Crippen LogP contribution in [0.15, 0.2) is 41.2 Å². The summed E-state index contributed by atoms with van der Waals surface area (Å²) in [4.78, 5) is 15.8. The third-order valence-corrected chi connectivity index (χ3v) is 5.04. The number of aromatic amines is 1.